The number of amides is 1. The highest BCUT2D eigenvalue weighted by Gasteiger charge is 2.06. The number of hydrogen-bond acceptors (Lipinski definition) is 6. The molecule has 0 aliphatic carbocycles. The molecule has 2 rings (SSSR count). The lowest BCUT2D eigenvalue weighted by Crippen LogP contribution is -2.24. The summed E-state index contributed by atoms with van der Waals surface area (Å²) in [6.45, 7) is 2.18. The summed E-state index contributed by atoms with van der Waals surface area (Å²) in [5.74, 6) is 1.02. The van der Waals surface area contributed by atoms with Crippen molar-refractivity contribution in [2.75, 3.05) is 20.3 Å². The number of rotatable bonds is 8. The number of benzene rings is 2. The first-order chi connectivity index (χ1) is 12.1. The van der Waals surface area contributed by atoms with E-state index in [0.717, 1.165) is 0 Å². The number of nitrogens with zero attached hydrogens (tertiary/aromatic N) is 1. The van der Waals surface area contributed by atoms with E-state index in [4.69, 9.17) is 14.2 Å². The number of hydrogen-bond donors (Lipinski definition) is 2. The molecule has 0 saturated heterocycles. The van der Waals surface area contributed by atoms with Crippen molar-refractivity contribution in [2.45, 2.75) is 6.92 Å². The second-order valence-corrected chi connectivity index (χ2v) is 4.89. The number of phenols is 1. The maximum atomic E-state index is 11.8. The van der Waals surface area contributed by atoms with E-state index in [9.17, 15) is 9.90 Å². The van der Waals surface area contributed by atoms with Gasteiger partial charge in [-0.25, -0.2) is 5.43 Å². The SMILES string of the molecule is CCOc1ccccc1OCC(=O)NN=Cc1ccc(O)c(OC)c1. The van der Waals surface area contributed by atoms with E-state index >= 15 is 0 Å². The number of ether oxygens (including phenoxy) is 3. The van der Waals surface area contributed by atoms with Gasteiger partial charge in [-0.3, -0.25) is 4.79 Å². The van der Waals surface area contributed by atoms with Crippen LogP contribution in [0.1, 0.15) is 12.5 Å². The fourth-order valence-corrected chi connectivity index (χ4v) is 1.97. The van der Waals surface area contributed by atoms with E-state index in [0.29, 0.717) is 29.4 Å². The van der Waals surface area contributed by atoms with Gasteiger partial charge in [-0.15, -0.1) is 0 Å². The number of hydrazone groups is 1. The fourth-order valence-electron chi connectivity index (χ4n) is 1.97. The maximum absolute atomic E-state index is 11.8. The summed E-state index contributed by atoms with van der Waals surface area (Å²) < 4.78 is 15.9. The Morgan fingerprint density at radius 2 is 1.88 bits per heavy atom. The van der Waals surface area contributed by atoms with Crippen LogP contribution in [0.4, 0.5) is 0 Å². The number of aromatic hydroxyl groups is 1. The Kier molecular flexibility index (Phi) is 6.65. The van der Waals surface area contributed by atoms with Gasteiger partial charge in [0.1, 0.15) is 0 Å². The van der Waals surface area contributed by atoms with Crippen molar-refractivity contribution in [3.8, 4) is 23.0 Å². The molecule has 0 aromatic heterocycles. The summed E-state index contributed by atoms with van der Waals surface area (Å²) >= 11 is 0. The van der Waals surface area contributed by atoms with E-state index in [-0.39, 0.29) is 12.4 Å². The Bertz CT molecular complexity index is 746. The zero-order valence-corrected chi connectivity index (χ0v) is 14.1. The van der Waals surface area contributed by atoms with Crippen LogP contribution in [0, 0.1) is 0 Å². The average Bonchev–Trinajstić information content (AvgIpc) is 2.62. The van der Waals surface area contributed by atoms with Crippen LogP contribution in [0.5, 0.6) is 23.0 Å². The average molecular weight is 344 g/mol. The molecule has 0 unspecified atom stereocenters. The van der Waals surface area contributed by atoms with Gasteiger partial charge >= 0.3 is 0 Å². The maximum Gasteiger partial charge on any atom is 0.277 e. The highest BCUT2D eigenvalue weighted by atomic mass is 16.5. The highest BCUT2D eigenvalue weighted by molar-refractivity contribution is 5.83. The number of phenolic OH excluding ortho intramolecular Hbond substituents is 1. The lowest BCUT2D eigenvalue weighted by Gasteiger charge is -2.10. The van der Waals surface area contributed by atoms with Crippen molar-refractivity contribution in [1.29, 1.82) is 0 Å². The first kappa shape index (κ1) is 18.1. The number of carbonyl (C=O) groups is 1. The number of carbonyl (C=O) groups excluding carboxylic acids is 1. The zero-order chi connectivity index (χ0) is 18.1. The molecule has 1 amide bonds. The molecular weight excluding hydrogens is 324 g/mol. The minimum absolute atomic E-state index is 0.0325. The lowest BCUT2D eigenvalue weighted by molar-refractivity contribution is -0.123. The van der Waals surface area contributed by atoms with Crippen molar-refractivity contribution >= 4 is 12.1 Å². The van der Waals surface area contributed by atoms with Gasteiger partial charge < -0.3 is 19.3 Å². The lowest BCUT2D eigenvalue weighted by atomic mass is 10.2. The van der Waals surface area contributed by atoms with E-state index in [1.807, 2.05) is 13.0 Å². The van der Waals surface area contributed by atoms with Gasteiger partial charge in [0.05, 0.1) is 19.9 Å². The van der Waals surface area contributed by atoms with Crippen LogP contribution >= 0.6 is 0 Å². The van der Waals surface area contributed by atoms with Crippen molar-refractivity contribution in [3.05, 3.63) is 48.0 Å². The van der Waals surface area contributed by atoms with Crippen molar-refractivity contribution in [3.63, 3.8) is 0 Å². The molecule has 0 saturated carbocycles. The molecule has 0 aliphatic heterocycles. The van der Waals surface area contributed by atoms with Gasteiger partial charge in [0.15, 0.2) is 29.6 Å². The molecule has 0 aliphatic rings. The molecule has 0 bridgehead atoms. The number of methoxy groups -OCH3 is 1. The highest BCUT2D eigenvalue weighted by Crippen LogP contribution is 2.26. The van der Waals surface area contributed by atoms with Crippen LogP contribution in [0.2, 0.25) is 0 Å². The molecule has 0 radical (unpaired) electrons. The van der Waals surface area contributed by atoms with E-state index in [1.54, 1.807) is 30.3 Å². The summed E-state index contributed by atoms with van der Waals surface area (Å²) in [6, 6.07) is 11.8. The van der Waals surface area contributed by atoms with Crippen molar-refractivity contribution in [1.82, 2.24) is 5.43 Å². The molecule has 0 fully saturated rings. The van der Waals surface area contributed by atoms with Crippen LogP contribution in [0.15, 0.2) is 47.6 Å². The van der Waals surface area contributed by atoms with Gasteiger partial charge in [-0.2, -0.15) is 5.10 Å². The van der Waals surface area contributed by atoms with E-state index < -0.39 is 5.91 Å². The first-order valence-electron chi connectivity index (χ1n) is 7.67. The third-order valence-corrected chi connectivity index (χ3v) is 3.11. The smallest absolute Gasteiger partial charge is 0.277 e. The Morgan fingerprint density at radius 3 is 2.56 bits per heavy atom. The molecule has 7 heteroatoms. The molecule has 0 spiro atoms. The molecule has 132 valence electrons. The Labute approximate surface area is 145 Å². The summed E-state index contributed by atoms with van der Waals surface area (Å²) in [5.41, 5.74) is 3.03. The number of nitrogens with one attached hydrogen (secondary N) is 1. The monoisotopic (exact) mass is 344 g/mol. The van der Waals surface area contributed by atoms with Crippen LogP contribution in [-0.4, -0.2) is 37.6 Å². The van der Waals surface area contributed by atoms with Gasteiger partial charge in [-0.1, -0.05) is 12.1 Å². The molecule has 7 nitrogen and oxygen atoms in total. The standard InChI is InChI=1S/C18H20N2O5/c1-3-24-15-6-4-5-7-16(15)25-12-18(22)20-19-11-13-8-9-14(21)17(10-13)23-2/h4-11,21H,3,12H2,1-2H3,(H,20,22). The predicted molar refractivity (Wildman–Crippen MR) is 93.5 cm³/mol. The predicted octanol–water partition coefficient (Wildman–Crippen LogP) is 2.33. The summed E-state index contributed by atoms with van der Waals surface area (Å²) in [7, 11) is 1.45. The molecular formula is C18H20N2O5. The Hall–Kier alpha value is -3.22. The molecule has 2 aromatic rings. The Morgan fingerprint density at radius 1 is 1.16 bits per heavy atom. The molecule has 2 aromatic carbocycles. The largest absolute Gasteiger partial charge is 0.504 e. The second-order valence-electron chi connectivity index (χ2n) is 4.89. The van der Waals surface area contributed by atoms with E-state index in [1.165, 1.54) is 19.4 Å². The Balaban J connectivity index is 1.87. The minimum atomic E-state index is -0.409. The van der Waals surface area contributed by atoms with Gasteiger partial charge in [-0.05, 0) is 42.8 Å². The van der Waals surface area contributed by atoms with Gasteiger partial charge in [0.25, 0.3) is 5.91 Å². The fraction of sp³-hybridized carbons (Fsp3) is 0.222. The van der Waals surface area contributed by atoms with Crippen LogP contribution in [0.3, 0.4) is 0 Å². The zero-order valence-electron chi connectivity index (χ0n) is 14.1. The third-order valence-electron chi connectivity index (χ3n) is 3.11. The second kappa shape index (κ2) is 9.17. The normalized spacial score (nSPS) is 10.5. The third kappa shape index (κ3) is 5.42. The topological polar surface area (TPSA) is 89.4 Å². The van der Waals surface area contributed by atoms with Crippen LogP contribution in [0.25, 0.3) is 0 Å². The van der Waals surface area contributed by atoms with Gasteiger partial charge in [0.2, 0.25) is 0 Å². The molecule has 25 heavy (non-hydrogen) atoms. The molecule has 0 heterocycles. The molecule has 2 N–H and O–H groups in total. The van der Waals surface area contributed by atoms with Crippen molar-refractivity contribution in [2.24, 2.45) is 5.10 Å². The quantitative estimate of drug-likeness (QED) is 0.567. The number of para-hydroxylation sites is 2. The minimum Gasteiger partial charge on any atom is -0.504 e. The van der Waals surface area contributed by atoms with Crippen LogP contribution in [-0.2, 0) is 4.79 Å². The van der Waals surface area contributed by atoms with Crippen molar-refractivity contribution < 1.29 is 24.1 Å². The van der Waals surface area contributed by atoms with Gasteiger partial charge in [0, 0.05) is 0 Å². The van der Waals surface area contributed by atoms with E-state index in [2.05, 4.69) is 10.5 Å². The summed E-state index contributed by atoms with van der Waals surface area (Å²) in [6.07, 6.45) is 1.44. The molecule has 0 atom stereocenters. The summed E-state index contributed by atoms with van der Waals surface area (Å²) in [4.78, 5) is 11.8. The summed E-state index contributed by atoms with van der Waals surface area (Å²) in [5, 5.41) is 13.4. The van der Waals surface area contributed by atoms with Crippen LogP contribution < -0.4 is 19.6 Å². The first-order valence-corrected chi connectivity index (χ1v) is 7.67.